The van der Waals surface area contributed by atoms with Crippen LogP contribution in [0.1, 0.15) is 0 Å². The smallest absolute Gasteiger partial charge is 0.299 e. The average molecular weight is 174 g/mol. The van der Waals surface area contributed by atoms with Gasteiger partial charge in [-0.05, 0) is 6.26 Å². The van der Waals surface area contributed by atoms with Gasteiger partial charge in [-0.3, -0.25) is 4.57 Å². The van der Waals surface area contributed by atoms with E-state index in [1.54, 1.807) is 6.26 Å². The molecule has 0 N–H and O–H groups in total. The van der Waals surface area contributed by atoms with Crippen molar-refractivity contribution in [1.82, 2.24) is 9.55 Å². The van der Waals surface area contributed by atoms with E-state index in [0.29, 0.717) is 0 Å². The van der Waals surface area contributed by atoms with Gasteiger partial charge in [0.15, 0.2) is 5.82 Å². The number of nitrogens with zero attached hydrogens (tertiary/aromatic N) is 2. The van der Waals surface area contributed by atoms with E-state index in [0.717, 1.165) is 22.5 Å². The molecule has 1 rings (SSSR count). The predicted molar refractivity (Wildman–Crippen MR) is 41.2 cm³/mol. The van der Waals surface area contributed by atoms with Gasteiger partial charge in [-0.1, -0.05) is 0 Å². The van der Waals surface area contributed by atoms with Crippen LogP contribution < -0.4 is 5.69 Å². The lowest BCUT2D eigenvalue weighted by Gasteiger charge is -1.98. The summed E-state index contributed by atoms with van der Waals surface area (Å²) < 4.78 is 13.9. The van der Waals surface area contributed by atoms with Crippen LogP contribution in [-0.4, -0.2) is 15.8 Å². The number of rotatable bonds is 1. The van der Waals surface area contributed by atoms with Gasteiger partial charge in [0.25, 0.3) is 0 Å². The molecule has 0 radical (unpaired) electrons. The molecule has 0 spiro atoms. The summed E-state index contributed by atoms with van der Waals surface area (Å²) in [4.78, 5) is 14.3. The minimum atomic E-state index is -0.459. The number of aromatic nitrogens is 2. The fourth-order valence-corrected chi connectivity index (χ4v) is 1.06. The highest BCUT2D eigenvalue weighted by Gasteiger charge is 2.03. The van der Waals surface area contributed by atoms with Crippen molar-refractivity contribution in [2.75, 3.05) is 6.26 Å². The largest absolute Gasteiger partial charge is 0.348 e. The van der Waals surface area contributed by atoms with Crippen molar-refractivity contribution in [2.45, 2.75) is 5.03 Å². The third kappa shape index (κ3) is 1.59. The molecular formula is C6H7FN2OS. The Labute approximate surface area is 67.3 Å². The second-order valence-corrected chi connectivity index (χ2v) is 2.79. The SMILES string of the molecule is CSc1nc(=O)n(C)cc1F. The standard InChI is InChI=1S/C6H7FN2OS/c1-9-3-4(7)5(11-2)8-6(9)10/h3H,1-2H3. The van der Waals surface area contributed by atoms with Crippen molar-refractivity contribution in [3.05, 3.63) is 22.5 Å². The first-order chi connectivity index (χ1) is 5.15. The van der Waals surface area contributed by atoms with Crippen LogP contribution in [0.25, 0.3) is 0 Å². The topological polar surface area (TPSA) is 34.9 Å². The van der Waals surface area contributed by atoms with E-state index in [2.05, 4.69) is 4.98 Å². The number of hydrogen-bond donors (Lipinski definition) is 0. The zero-order valence-corrected chi connectivity index (χ0v) is 6.98. The van der Waals surface area contributed by atoms with Crippen LogP contribution in [0, 0.1) is 5.82 Å². The van der Waals surface area contributed by atoms with Gasteiger partial charge in [-0.15, -0.1) is 11.8 Å². The Bertz CT molecular complexity index is 323. The maximum atomic E-state index is 12.8. The van der Waals surface area contributed by atoms with Gasteiger partial charge in [0, 0.05) is 13.2 Å². The van der Waals surface area contributed by atoms with Gasteiger partial charge in [-0.2, -0.15) is 4.98 Å². The van der Waals surface area contributed by atoms with Crippen molar-refractivity contribution in [3.63, 3.8) is 0 Å². The third-order valence-electron chi connectivity index (χ3n) is 1.20. The van der Waals surface area contributed by atoms with Crippen LogP contribution >= 0.6 is 11.8 Å². The molecule has 5 heteroatoms. The summed E-state index contributed by atoms with van der Waals surface area (Å²) in [6, 6.07) is 0. The van der Waals surface area contributed by atoms with Gasteiger partial charge in [0.2, 0.25) is 0 Å². The van der Waals surface area contributed by atoms with E-state index in [9.17, 15) is 9.18 Å². The summed E-state index contributed by atoms with van der Waals surface area (Å²) in [7, 11) is 1.46. The van der Waals surface area contributed by atoms with E-state index in [1.807, 2.05) is 0 Å². The van der Waals surface area contributed by atoms with Crippen LogP contribution in [-0.2, 0) is 7.05 Å². The quantitative estimate of drug-likeness (QED) is 0.463. The maximum Gasteiger partial charge on any atom is 0.348 e. The van der Waals surface area contributed by atoms with Gasteiger partial charge >= 0.3 is 5.69 Å². The van der Waals surface area contributed by atoms with Crippen molar-refractivity contribution >= 4 is 11.8 Å². The Morgan fingerprint density at radius 2 is 2.36 bits per heavy atom. The molecule has 0 unspecified atom stereocenters. The molecule has 11 heavy (non-hydrogen) atoms. The molecule has 0 fully saturated rings. The normalized spacial score (nSPS) is 10.1. The molecular weight excluding hydrogens is 167 g/mol. The lowest BCUT2D eigenvalue weighted by molar-refractivity contribution is 0.554. The Kier molecular flexibility index (Phi) is 2.28. The summed E-state index contributed by atoms with van der Waals surface area (Å²) in [5.41, 5.74) is -0.434. The van der Waals surface area contributed by atoms with Crippen LogP contribution in [0.5, 0.6) is 0 Å². The van der Waals surface area contributed by atoms with Crippen LogP contribution in [0.3, 0.4) is 0 Å². The fraction of sp³-hybridized carbons (Fsp3) is 0.333. The van der Waals surface area contributed by atoms with E-state index in [4.69, 9.17) is 0 Å². The molecule has 0 amide bonds. The zero-order chi connectivity index (χ0) is 8.43. The summed E-state index contributed by atoms with van der Waals surface area (Å²) in [5.74, 6) is -0.459. The third-order valence-corrected chi connectivity index (χ3v) is 1.88. The van der Waals surface area contributed by atoms with Crippen LogP contribution in [0.15, 0.2) is 16.0 Å². The highest BCUT2D eigenvalue weighted by molar-refractivity contribution is 7.98. The molecule has 0 aliphatic rings. The molecule has 1 aromatic heterocycles. The molecule has 0 aliphatic heterocycles. The molecule has 0 aromatic carbocycles. The fourth-order valence-electron chi connectivity index (χ4n) is 0.643. The summed E-state index contributed by atoms with van der Waals surface area (Å²) >= 11 is 1.12. The first kappa shape index (κ1) is 8.26. The Hall–Kier alpha value is -0.840. The van der Waals surface area contributed by atoms with Crippen LogP contribution in [0.2, 0.25) is 0 Å². The number of halogens is 1. The minimum Gasteiger partial charge on any atom is -0.299 e. The van der Waals surface area contributed by atoms with Gasteiger partial charge in [0.1, 0.15) is 5.03 Å². The lowest BCUT2D eigenvalue weighted by Crippen LogP contribution is -2.20. The predicted octanol–water partition coefficient (Wildman–Crippen LogP) is 0.641. The van der Waals surface area contributed by atoms with Crippen molar-refractivity contribution in [1.29, 1.82) is 0 Å². The summed E-state index contributed by atoms with van der Waals surface area (Å²) in [5, 5.41) is 0.146. The van der Waals surface area contributed by atoms with Gasteiger partial charge in [0.05, 0.1) is 0 Å². The number of hydrogen-bond acceptors (Lipinski definition) is 3. The van der Waals surface area contributed by atoms with Crippen molar-refractivity contribution in [3.8, 4) is 0 Å². The minimum absolute atomic E-state index is 0.146. The lowest BCUT2D eigenvalue weighted by atomic mass is 10.6. The number of aryl methyl sites for hydroxylation is 1. The highest BCUT2D eigenvalue weighted by atomic mass is 32.2. The van der Waals surface area contributed by atoms with Gasteiger partial charge < -0.3 is 0 Å². The van der Waals surface area contributed by atoms with Crippen molar-refractivity contribution in [2.24, 2.45) is 7.05 Å². The second-order valence-electron chi connectivity index (χ2n) is 1.99. The summed E-state index contributed by atoms with van der Waals surface area (Å²) in [6.45, 7) is 0. The molecule has 0 saturated carbocycles. The molecule has 0 bridgehead atoms. The molecule has 60 valence electrons. The first-order valence-corrected chi connectivity index (χ1v) is 4.15. The Morgan fingerprint density at radius 3 is 2.91 bits per heavy atom. The highest BCUT2D eigenvalue weighted by Crippen LogP contribution is 2.12. The molecule has 1 heterocycles. The van der Waals surface area contributed by atoms with E-state index < -0.39 is 11.5 Å². The Balaban J connectivity index is 3.32. The molecule has 0 aliphatic carbocycles. The first-order valence-electron chi connectivity index (χ1n) is 2.92. The average Bonchev–Trinajstić information content (AvgIpc) is 1.97. The number of thioether (sulfide) groups is 1. The van der Waals surface area contributed by atoms with Crippen molar-refractivity contribution < 1.29 is 4.39 Å². The van der Waals surface area contributed by atoms with E-state index >= 15 is 0 Å². The van der Waals surface area contributed by atoms with E-state index in [-0.39, 0.29) is 5.03 Å². The zero-order valence-electron chi connectivity index (χ0n) is 6.17. The molecule has 0 atom stereocenters. The molecule has 0 saturated heterocycles. The van der Waals surface area contributed by atoms with E-state index in [1.165, 1.54) is 7.05 Å². The molecule has 1 aromatic rings. The summed E-state index contributed by atoms with van der Waals surface area (Å²) in [6.07, 6.45) is 2.80. The van der Waals surface area contributed by atoms with Gasteiger partial charge in [-0.25, -0.2) is 9.18 Å². The second kappa shape index (κ2) is 3.04. The maximum absolute atomic E-state index is 12.8. The molecule has 3 nitrogen and oxygen atoms in total. The van der Waals surface area contributed by atoms with Crippen LogP contribution in [0.4, 0.5) is 4.39 Å². The Morgan fingerprint density at radius 1 is 1.73 bits per heavy atom. The monoisotopic (exact) mass is 174 g/mol.